The van der Waals surface area contributed by atoms with Crippen molar-refractivity contribution in [1.82, 2.24) is 0 Å². The molecule has 0 radical (unpaired) electrons. The monoisotopic (exact) mass is 198 g/mol. The van der Waals surface area contributed by atoms with Gasteiger partial charge in [0.2, 0.25) is 0 Å². The van der Waals surface area contributed by atoms with Gasteiger partial charge in [0.05, 0.1) is 10.7 Å². The van der Waals surface area contributed by atoms with E-state index >= 15 is 0 Å². The molecule has 0 spiro atoms. The second-order valence-corrected chi connectivity index (χ2v) is 3.29. The summed E-state index contributed by atoms with van der Waals surface area (Å²) in [6.07, 6.45) is 0. The van der Waals surface area contributed by atoms with Crippen molar-refractivity contribution in [3.8, 4) is 0 Å². The minimum Gasteiger partial charge on any atom is -0.397 e. The van der Waals surface area contributed by atoms with Crippen molar-refractivity contribution in [2.45, 2.75) is 13.8 Å². The van der Waals surface area contributed by atoms with Crippen molar-refractivity contribution in [2.75, 3.05) is 23.7 Å². The Morgan fingerprint density at radius 2 is 1.92 bits per heavy atom. The molecule has 0 saturated carbocycles. The second-order valence-electron chi connectivity index (χ2n) is 2.88. The molecule has 0 fully saturated rings. The van der Waals surface area contributed by atoms with Crippen molar-refractivity contribution in [3.63, 3.8) is 0 Å². The maximum absolute atomic E-state index is 5.83. The van der Waals surface area contributed by atoms with Gasteiger partial charge >= 0.3 is 0 Å². The predicted molar refractivity (Wildman–Crippen MR) is 59.4 cm³/mol. The Morgan fingerprint density at radius 1 is 1.31 bits per heavy atom. The Kier molecular flexibility index (Phi) is 3.43. The van der Waals surface area contributed by atoms with Gasteiger partial charge in [-0.25, -0.2) is 0 Å². The smallest absolute Gasteiger partial charge is 0.0636 e. The Balaban J connectivity index is 2.95. The van der Waals surface area contributed by atoms with Gasteiger partial charge in [0.1, 0.15) is 0 Å². The molecule has 0 aliphatic rings. The van der Waals surface area contributed by atoms with Crippen molar-refractivity contribution < 1.29 is 0 Å². The molecule has 1 rings (SSSR count). The average molecular weight is 199 g/mol. The van der Waals surface area contributed by atoms with Gasteiger partial charge in [-0.05, 0) is 32.0 Å². The zero-order chi connectivity index (χ0) is 9.84. The fraction of sp³-hybridized carbons (Fsp3) is 0.400. The third-order valence-corrected chi connectivity index (χ3v) is 2.45. The predicted octanol–water partition coefficient (Wildman–Crippen LogP) is 2.77. The molecule has 0 aromatic heterocycles. The van der Waals surface area contributed by atoms with Crippen LogP contribution in [0, 0.1) is 0 Å². The molecule has 0 aliphatic carbocycles. The number of anilines is 2. The zero-order valence-corrected chi connectivity index (χ0v) is 8.80. The molecule has 0 atom stereocenters. The normalized spacial score (nSPS) is 10.1. The van der Waals surface area contributed by atoms with E-state index < -0.39 is 0 Å². The summed E-state index contributed by atoms with van der Waals surface area (Å²) < 4.78 is 0. The van der Waals surface area contributed by atoms with Gasteiger partial charge in [-0.1, -0.05) is 11.6 Å². The highest BCUT2D eigenvalue weighted by Crippen LogP contribution is 2.24. The van der Waals surface area contributed by atoms with E-state index in [1.165, 1.54) is 0 Å². The molecule has 2 N–H and O–H groups in total. The largest absolute Gasteiger partial charge is 0.397 e. The Labute approximate surface area is 84.3 Å². The van der Waals surface area contributed by atoms with Crippen molar-refractivity contribution in [2.24, 2.45) is 0 Å². The molecule has 72 valence electrons. The molecule has 0 bridgehead atoms. The lowest BCUT2D eigenvalue weighted by Crippen LogP contribution is -2.21. The minimum absolute atomic E-state index is 0.621. The molecule has 0 aliphatic heterocycles. The van der Waals surface area contributed by atoms with Crippen LogP contribution >= 0.6 is 11.6 Å². The van der Waals surface area contributed by atoms with E-state index in [9.17, 15) is 0 Å². The number of nitrogen functional groups attached to an aromatic ring is 1. The molecule has 3 heteroatoms. The Hall–Kier alpha value is -0.890. The summed E-state index contributed by atoms with van der Waals surface area (Å²) in [6.45, 7) is 6.21. The van der Waals surface area contributed by atoms with Gasteiger partial charge in [0, 0.05) is 18.8 Å². The van der Waals surface area contributed by atoms with Crippen LogP contribution in [-0.4, -0.2) is 13.1 Å². The topological polar surface area (TPSA) is 29.3 Å². The number of nitrogens with two attached hydrogens (primary N) is 1. The molecule has 0 saturated heterocycles. The highest BCUT2D eigenvalue weighted by molar-refractivity contribution is 6.33. The van der Waals surface area contributed by atoms with Crippen LogP contribution < -0.4 is 10.6 Å². The van der Waals surface area contributed by atoms with Gasteiger partial charge in [-0.3, -0.25) is 0 Å². The van der Waals surface area contributed by atoms with Gasteiger partial charge in [0.25, 0.3) is 0 Å². The van der Waals surface area contributed by atoms with Crippen LogP contribution in [-0.2, 0) is 0 Å². The Morgan fingerprint density at radius 3 is 2.38 bits per heavy atom. The first-order valence-electron chi connectivity index (χ1n) is 4.49. The molecular formula is C10H15ClN2. The lowest BCUT2D eigenvalue weighted by molar-refractivity contribution is 0.867. The van der Waals surface area contributed by atoms with Crippen molar-refractivity contribution >= 4 is 23.0 Å². The van der Waals surface area contributed by atoms with Gasteiger partial charge in [0.15, 0.2) is 0 Å². The summed E-state index contributed by atoms with van der Waals surface area (Å²) in [7, 11) is 0. The van der Waals surface area contributed by atoms with Gasteiger partial charge in [-0.15, -0.1) is 0 Å². The SMILES string of the molecule is CCN(CC)c1ccc(Cl)c(N)c1. The van der Waals surface area contributed by atoms with Crippen molar-refractivity contribution in [1.29, 1.82) is 0 Å². The fourth-order valence-corrected chi connectivity index (χ4v) is 1.43. The van der Waals surface area contributed by atoms with Crippen LogP contribution in [0.1, 0.15) is 13.8 Å². The molecular weight excluding hydrogens is 184 g/mol. The van der Waals surface area contributed by atoms with E-state index in [4.69, 9.17) is 17.3 Å². The third kappa shape index (κ3) is 2.28. The quantitative estimate of drug-likeness (QED) is 0.757. The van der Waals surface area contributed by atoms with E-state index in [0.29, 0.717) is 10.7 Å². The number of hydrogen-bond acceptors (Lipinski definition) is 2. The summed E-state index contributed by atoms with van der Waals surface area (Å²) in [6, 6.07) is 5.74. The molecule has 2 nitrogen and oxygen atoms in total. The van der Waals surface area contributed by atoms with E-state index in [1.54, 1.807) is 0 Å². The summed E-state index contributed by atoms with van der Waals surface area (Å²) in [5.41, 5.74) is 7.49. The third-order valence-electron chi connectivity index (χ3n) is 2.11. The number of nitrogens with zero attached hydrogens (tertiary/aromatic N) is 1. The zero-order valence-electron chi connectivity index (χ0n) is 8.05. The number of halogens is 1. The van der Waals surface area contributed by atoms with Crippen LogP contribution in [0.4, 0.5) is 11.4 Å². The number of hydrogen-bond donors (Lipinski definition) is 1. The summed E-state index contributed by atoms with van der Waals surface area (Å²) in [4.78, 5) is 2.23. The van der Waals surface area contributed by atoms with Gasteiger partial charge < -0.3 is 10.6 Å². The summed E-state index contributed by atoms with van der Waals surface area (Å²) >= 11 is 5.83. The van der Waals surface area contributed by atoms with Crippen LogP contribution in [0.2, 0.25) is 5.02 Å². The highest BCUT2D eigenvalue weighted by Gasteiger charge is 2.03. The lowest BCUT2D eigenvalue weighted by Gasteiger charge is -2.21. The van der Waals surface area contributed by atoms with E-state index in [1.807, 2.05) is 18.2 Å². The molecule has 0 unspecified atom stereocenters. The minimum atomic E-state index is 0.621. The first-order valence-corrected chi connectivity index (χ1v) is 4.86. The molecule has 13 heavy (non-hydrogen) atoms. The standard InChI is InChI=1S/C10H15ClN2/c1-3-13(4-2)8-5-6-9(11)10(12)7-8/h5-7H,3-4,12H2,1-2H3. The first-order chi connectivity index (χ1) is 6.19. The first kappa shape index (κ1) is 10.2. The summed E-state index contributed by atoms with van der Waals surface area (Å²) in [5, 5.41) is 0.621. The molecule has 1 aromatic carbocycles. The maximum Gasteiger partial charge on any atom is 0.0636 e. The van der Waals surface area contributed by atoms with E-state index in [2.05, 4.69) is 18.7 Å². The Bertz CT molecular complexity index is 282. The van der Waals surface area contributed by atoms with Crippen molar-refractivity contribution in [3.05, 3.63) is 23.2 Å². The van der Waals surface area contributed by atoms with Crippen LogP contribution in [0.3, 0.4) is 0 Å². The summed E-state index contributed by atoms with van der Waals surface area (Å²) in [5.74, 6) is 0. The molecule has 0 heterocycles. The second kappa shape index (κ2) is 4.38. The van der Waals surface area contributed by atoms with Crippen LogP contribution in [0.25, 0.3) is 0 Å². The molecule has 1 aromatic rings. The number of rotatable bonds is 3. The number of benzene rings is 1. The average Bonchev–Trinajstić information content (AvgIpc) is 2.13. The fourth-order valence-electron chi connectivity index (χ4n) is 1.32. The molecule has 0 amide bonds. The lowest BCUT2D eigenvalue weighted by atomic mass is 10.2. The highest BCUT2D eigenvalue weighted by atomic mass is 35.5. The van der Waals surface area contributed by atoms with Gasteiger partial charge in [-0.2, -0.15) is 0 Å². The van der Waals surface area contributed by atoms with Crippen LogP contribution in [0.15, 0.2) is 18.2 Å². The van der Waals surface area contributed by atoms with Crippen LogP contribution in [0.5, 0.6) is 0 Å². The van der Waals surface area contributed by atoms with E-state index in [-0.39, 0.29) is 0 Å². The van der Waals surface area contributed by atoms with E-state index in [0.717, 1.165) is 18.8 Å². The maximum atomic E-state index is 5.83.